The lowest BCUT2D eigenvalue weighted by molar-refractivity contribution is 0.337. The molecule has 0 radical (unpaired) electrons. The molecule has 1 aliphatic heterocycles. The Morgan fingerprint density at radius 1 is 0.340 bits per heavy atom. The summed E-state index contributed by atoms with van der Waals surface area (Å²) < 4.78 is 40.2. The van der Waals surface area contributed by atoms with Gasteiger partial charge in [0.25, 0.3) is 8.45 Å². The summed E-state index contributed by atoms with van der Waals surface area (Å²) in [5.41, 5.74) is 33.0. The third-order valence-electron chi connectivity index (χ3n) is 7.36. The van der Waals surface area contributed by atoms with E-state index in [0.29, 0.717) is 57.2 Å². The molecule has 2 atom stereocenters. The van der Waals surface area contributed by atoms with Gasteiger partial charge in [0, 0.05) is 46.2 Å². The van der Waals surface area contributed by atoms with Gasteiger partial charge in [-0.1, -0.05) is 0 Å². The lowest BCUT2D eigenvalue weighted by Gasteiger charge is -2.29. The van der Waals surface area contributed by atoms with E-state index in [1.165, 1.54) is 0 Å². The first-order valence-electron chi connectivity index (χ1n) is 15.9. The summed E-state index contributed by atoms with van der Waals surface area (Å²) in [6, 6.07) is 34.4. The minimum absolute atomic E-state index is 0.0782. The standard InChI is InChI=1S/C36H35N8O6P3/c37-21-1-11-26(12-2-21)45-31-32(46-27-13-3-22(38)4-14-27)34(48-29-17-7-24(40)8-18-29)36(50-53-43-51-42-52-44-53)35(49-30-19-9-25(41)10-20-30)33(31)47-28-15-5-23(39)6-16-28/h1-20,42-44,51-52H,37-41H2. The maximum absolute atomic E-state index is 6.77. The highest BCUT2D eigenvalue weighted by atomic mass is 31.2. The van der Waals surface area contributed by atoms with Gasteiger partial charge in [0.1, 0.15) is 28.7 Å². The van der Waals surface area contributed by atoms with Crippen LogP contribution in [0.3, 0.4) is 0 Å². The minimum atomic E-state index is -1.49. The molecule has 7 rings (SSSR count). The van der Waals surface area contributed by atoms with Crippen molar-refractivity contribution in [3.05, 3.63) is 121 Å². The molecule has 0 spiro atoms. The molecule has 6 aromatic rings. The van der Waals surface area contributed by atoms with E-state index < -0.39 is 8.45 Å². The van der Waals surface area contributed by atoms with Crippen LogP contribution in [-0.4, -0.2) is 0 Å². The lowest BCUT2D eigenvalue weighted by atomic mass is 10.2. The minimum Gasteiger partial charge on any atom is -0.449 e. The fourth-order valence-electron chi connectivity index (χ4n) is 4.79. The molecule has 1 aliphatic rings. The average molecular weight is 769 g/mol. The van der Waals surface area contributed by atoms with E-state index in [1.54, 1.807) is 121 Å². The molecule has 270 valence electrons. The Morgan fingerprint density at radius 3 is 0.811 bits per heavy atom. The number of nitrogens with one attached hydrogen (secondary N) is 3. The Morgan fingerprint density at radius 2 is 0.566 bits per heavy atom. The first-order chi connectivity index (χ1) is 25.8. The van der Waals surface area contributed by atoms with Gasteiger partial charge in [-0.05, 0) is 121 Å². The Bertz CT molecular complexity index is 2040. The number of nitrogens with two attached hydrogens (primary N) is 5. The van der Waals surface area contributed by atoms with E-state index in [2.05, 4.69) is 14.6 Å². The van der Waals surface area contributed by atoms with Crippen LogP contribution in [0.2, 0.25) is 0 Å². The van der Waals surface area contributed by atoms with Crippen LogP contribution >= 0.6 is 26.2 Å². The van der Waals surface area contributed by atoms with Crippen molar-refractivity contribution < 1.29 is 28.2 Å². The Labute approximate surface area is 309 Å². The smallest absolute Gasteiger partial charge is 0.251 e. The molecule has 53 heavy (non-hydrogen) atoms. The molecule has 14 nitrogen and oxygen atoms in total. The molecule has 1 fully saturated rings. The quantitative estimate of drug-likeness (QED) is 0.0430. The van der Waals surface area contributed by atoms with Crippen LogP contribution in [0.1, 0.15) is 0 Å². The summed E-state index contributed by atoms with van der Waals surface area (Å²) in [5.74, 6) is 2.63. The molecule has 17 heteroatoms. The van der Waals surface area contributed by atoms with E-state index in [9.17, 15) is 0 Å². The van der Waals surface area contributed by atoms with Crippen molar-refractivity contribution >= 4 is 54.7 Å². The van der Waals surface area contributed by atoms with Crippen LogP contribution in [0, 0.1) is 0 Å². The fraction of sp³-hybridized carbons (Fsp3) is 0. The van der Waals surface area contributed by atoms with Gasteiger partial charge < -0.3 is 56.9 Å². The molecule has 0 saturated carbocycles. The number of hydrogen-bond donors (Lipinski definition) is 8. The van der Waals surface area contributed by atoms with Crippen LogP contribution in [0.5, 0.6) is 63.2 Å². The van der Waals surface area contributed by atoms with Crippen molar-refractivity contribution in [2.75, 3.05) is 28.7 Å². The third kappa shape index (κ3) is 9.03. The molecule has 0 aliphatic carbocycles. The topological polar surface area (TPSA) is 222 Å². The van der Waals surface area contributed by atoms with Gasteiger partial charge in [-0.2, -0.15) is 0 Å². The lowest BCUT2D eigenvalue weighted by Crippen LogP contribution is -2.19. The van der Waals surface area contributed by atoms with Gasteiger partial charge in [-0.3, -0.25) is 4.86 Å². The Balaban J connectivity index is 1.54. The number of ether oxygens (including phenoxy) is 5. The monoisotopic (exact) mass is 768 g/mol. The number of nitrogen functional groups attached to an aromatic ring is 5. The molecule has 0 aromatic heterocycles. The SMILES string of the molecule is Nc1ccc(Oc2c(Oc3ccc(N)cc3)c(Oc3ccc(N)cc3)c(OP3NPNPN3)c(Oc3ccc(N)cc3)c2Oc2ccc(N)cc2)cc1. The number of hydrogen-bond acceptors (Lipinski definition) is 14. The van der Waals surface area contributed by atoms with Crippen molar-refractivity contribution in [2.45, 2.75) is 0 Å². The number of rotatable bonds is 12. The first-order valence-corrected chi connectivity index (χ1v) is 19.2. The molecule has 1 saturated heterocycles. The van der Waals surface area contributed by atoms with Crippen molar-refractivity contribution in [3.8, 4) is 63.2 Å². The second-order valence-electron chi connectivity index (χ2n) is 11.3. The maximum atomic E-state index is 6.77. The highest BCUT2D eigenvalue weighted by Gasteiger charge is 2.36. The van der Waals surface area contributed by atoms with Crippen molar-refractivity contribution in [1.29, 1.82) is 0 Å². The third-order valence-corrected chi connectivity index (χ3v) is 11.2. The molecule has 0 bridgehead atoms. The van der Waals surface area contributed by atoms with Crippen LogP contribution in [0.4, 0.5) is 28.4 Å². The van der Waals surface area contributed by atoms with Crippen molar-refractivity contribution in [2.24, 2.45) is 0 Å². The molecular weight excluding hydrogens is 733 g/mol. The summed E-state index contributed by atoms with van der Waals surface area (Å²) in [4.78, 5) is 9.91. The predicted molar refractivity (Wildman–Crippen MR) is 215 cm³/mol. The molecule has 13 N–H and O–H groups in total. The highest BCUT2D eigenvalue weighted by molar-refractivity contribution is 7.71. The number of anilines is 5. The van der Waals surface area contributed by atoms with E-state index in [0.717, 1.165) is 0 Å². The Kier molecular flexibility index (Phi) is 11.0. The second-order valence-corrected chi connectivity index (χ2v) is 15.4. The molecule has 2 unspecified atom stereocenters. The molecule has 0 amide bonds. The van der Waals surface area contributed by atoms with E-state index >= 15 is 0 Å². The summed E-state index contributed by atoms with van der Waals surface area (Å²) >= 11 is 0. The zero-order valence-electron chi connectivity index (χ0n) is 27.8. The van der Waals surface area contributed by atoms with Crippen LogP contribution in [0.25, 0.3) is 0 Å². The van der Waals surface area contributed by atoms with Gasteiger partial charge in [0.05, 0.1) is 0 Å². The largest absolute Gasteiger partial charge is 0.449 e. The summed E-state index contributed by atoms with van der Waals surface area (Å²) in [7, 11) is -1.05. The van der Waals surface area contributed by atoms with Crippen molar-refractivity contribution in [1.82, 2.24) is 14.6 Å². The normalized spacial score (nSPS) is 14.8. The zero-order chi connectivity index (χ0) is 36.7. The van der Waals surface area contributed by atoms with Crippen molar-refractivity contribution in [3.63, 3.8) is 0 Å². The highest BCUT2D eigenvalue weighted by Crippen LogP contribution is 2.64. The number of benzene rings is 6. The summed E-state index contributed by atoms with van der Waals surface area (Å²) in [6.07, 6.45) is 0. The maximum Gasteiger partial charge on any atom is 0.251 e. The van der Waals surface area contributed by atoms with Gasteiger partial charge in [0.2, 0.25) is 34.5 Å². The van der Waals surface area contributed by atoms with Crippen LogP contribution < -0.4 is 71.4 Å². The molecule has 6 aromatic carbocycles. The van der Waals surface area contributed by atoms with E-state index in [4.69, 9.17) is 56.9 Å². The summed E-state index contributed by atoms with van der Waals surface area (Å²) in [5, 5.41) is 0. The second kappa shape index (κ2) is 16.3. The van der Waals surface area contributed by atoms with Gasteiger partial charge in [0.15, 0.2) is 0 Å². The zero-order valence-corrected chi connectivity index (χ0v) is 30.7. The summed E-state index contributed by atoms with van der Waals surface area (Å²) in [6.45, 7) is 0. The van der Waals surface area contributed by atoms with Gasteiger partial charge in [-0.25, -0.2) is 9.72 Å². The molecule has 1 heterocycles. The van der Waals surface area contributed by atoms with E-state index in [-0.39, 0.29) is 52.3 Å². The predicted octanol–water partition coefficient (Wildman–Crippen LogP) is 8.96. The molecular formula is C36H35N8O6P3. The van der Waals surface area contributed by atoms with E-state index in [1.807, 2.05) is 0 Å². The Hall–Kier alpha value is -5.71. The fourth-order valence-corrected chi connectivity index (χ4v) is 8.74. The van der Waals surface area contributed by atoms with Gasteiger partial charge in [-0.15, -0.1) is 0 Å². The van der Waals surface area contributed by atoms with Gasteiger partial charge >= 0.3 is 0 Å². The average Bonchev–Trinajstić information content (AvgIpc) is 3.17. The first kappa shape index (κ1) is 35.7. The van der Waals surface area contributed by atoms with Crippen LogP contribution in [-0.2, 0) is 0 Å². The van der Waals surface area contributed by atoms with Crippen LogP contribution in [0.15, 0.2) is 121 Å².